The second-order valence-electron chi connectivity index (χ2n) is 4.52. The number of hydrogen-bond acceptors (Lipinski definition) is 4. The van der Waals surface area contributed by atoms with E-state index in [0.29, 0.717) is 11.3 Å². The number of carbonyl (C=O) groups excluding carboxylic acids is 1. The van der Waals surface area contributed by atoms with Crippen LogP contribution in [0.3, 0.4) is 0 Å². The van der Waals surface area contributed by atoms with Gasteiger partial charge in [-0.25, -0.2) is 8.42 Å². The fourth-order valence-corrected chi connectivity index (χ4v) is 3.07. The molecule has 1 aromatic rings. The van der Waals surface area contributed by atoms with Gasteiger partial charge in [-0.1, -0.05) is 6.07 Å². The number of nitrogen functional groups attached to an aromatic ring is 1. The molecule has 0 radical (unpaired) electrons. The van der Waals surface area contributed by atoms with E-state index >= 15 is 0 Å². The molecule has 2 N–H and O–H groups in total. The Bertz CT molecular complexity index is 567. The van der Waals surface area contributed by atoms with Gasteiger partial charge >= 0.3 is 0 Å². The summed E-state index contributed by atoms with van der Waals surface area (Å²) in [5.41, 5.74) is 7.77. The van der Waals surface area contributed by atoms with Gasteiger partial charge in [0.25, 0.3) is 5.91 Å². The van der Waals surface area contributed by atoms with Crippen LogP contribution in [0, 0.1) is 6.92 Å². The molecule has 98 valence electrons. The Hall–Kier alpha value is -1.56. The van der Waals surface area contributed by atoms with Crippen molar-refractivity contribution in [2.75, 3.05) is 30.3 Å². The first kappa shape index (κ1) is 12.9. The highest BCUT2D eigenvalue weighted by atomic mass is 32.2. The quantitative estimate of drug-likeness (QED) is 0.750. The van der Waals surface area contributed by atoms with E-state index in [1.165, 1.54) is 0 Å². The second kappa shape index (κ2) is 4.61. The first-order valence-corrected chi connectivity index (χ1v) is 7.57. The zero-order chi connectivity index (χ0) is 13.3. The number of anilines is 1. The summed E-state index contributed by atoms with van der Waals surface area (Å²) in [6, 6.07) is 5.15. The topological polar surface area (TPSA) is 80.5 Å². The lowest BCUT2D eigenvalue weighted by Gasteiger charge is -2.26. The molecule has 0 bridgehead atoms. The van der Waals surface area contributed by atoms with Gasteiger partial charge in [-0.2, -0.15) is 0 Å². The Balaban J connectivity index is 2.15. The van der Waals surface area contributed by atoms with Crippen LogP contribution in [-0.4, -0.2) is 43.8 Å². The number of nitrogens with zero attached hydrogens (tertiary/aromatic N) is 1. The van der Waals surface area contributed by atoms with E-state index in [-0.39, 0.29) is 30.5 Å². The Kier molecular flexibility index (Phi) is 3.30. The Morgan fingerprint density at radius 3 is 2.44 bits per heavy atom. The molecule has 1 aliphatic rings. The summed E-state index contributed by atoms with van der Waals surface area (Å²) in [6.45, 7) is 2.39. The van der Waals surface area contributed by atoms with Crippen LogP contribution in [0.1, 0.15) is 15.9 Å². The predicted molar refractivity (Wildman–Crippen MR) is 70.1 cm³/mol. The van der Waals surface area contributed by atoms with Gasteiger partial charge in [0, 0.05) is 24.3 Å². The number of sulfone groups is 1. The minimum Gasteiger partial charge on any atom is -0.398 e. The molecule has 0 spiro atoms. The summed E-state index contributed by atoms with van der Waals surface area (Å²) in [7, 11) is -2.96. The maximum atomic E-state index is 12.1. The van der Waals surface area contributed by atoms with Crippen molar-refractivity contribution in [2.45, 2.75) is 6.92 Å². The Morgan fingerprint density at radius 2 is 1.89 bits per heavy atom. The van der Waals surface area contributed by atoms with Gasteiger partial charge in [-0.3, -0.25) is 4.79 Å². The van der Waals surface area contributed by atoms with Crippen LogP contribution in [0.15, 0.2) is 18.2 Å². The van der Waals surface area contributed by atoms with Crippen LogP contribution in [0.5, 0.6) is 0 Å². The molecule has 6 heteroatoms. The predicted octanol–water partition coefficient (Wildman–Crippen LogP) is 0.448. The highest BCUT2D eigenvalue weighted by Gasteiger charge is 2.25. The average Bonchev–Trinajstić information content (AvgIpc) is 2.32. The fourth-order valence-electron chi connectivity index (χ4n) is 1.87. The van der Waals surface area contributed by atoms with Crippen molar-refractivity contribution >= 4 is 21.4 Å². The normalized spacial score (nSPS) is 18.6. The third-order valence-electron chi connectivity index (χ3n) is 3.16. The lowest BCUT2D eigenvalue weighted by Crippen LogP contribution is -2.43. The van der Waals surface area contributed by atoms with Gasteiger partial charge in [0.2, 0.25) is 0 Å². The number of nitrogens with two attached hydrogens (primary N) is 1. The van der Waals surface area contributed by atoms with Gasteiger partial charge < -0.3 is 10.6 Å². The smallest absolute Gasteiger partial charge is 0.253 e. The summed E-state index contributed by atoms with van der Waals surface area (Å²) >= 11 is 0. The Morgan fingerprint density at radius 1 is 1.28 bits per heavy atom. The number of aryl methyl sites for hydroxylation is 1. The Labute approximate surface area is 107 Å². The minimum absolute atomic E-state index is 0.0417. The van der Waals surface area contributed by atoms with E-state index in [1.807, 2.05) is 6.92 Å². The van der Waals surface area contributed by atoms with Crippen molar-refractivity contribution in [3.05, 3.63) is 29.3 Å². The van der Waals surface area contributed by atoms with E-state index in [0.717, 1.165) is 5.56 Å². The van der Waals surface area contributed by atoms with E-state index in [1.54, 1.807) is 23.1 Å². The molecular formula is C12H16N2O3S. The van der Waals surface area contributed by atoms with Crippen LogP contribution in [0.4, 0.5) is 5.69 Å². The largest absolute Gasteiger partial charge is 0.398 e. The lowest BCUT2D eigenvalue weighted by molar-refractivity contribution is 0.0770. The van der Waals surface area contributed by atoms with Crippen molar-refractivity contribution in [3.63, 3.8) is 0 Å². The van der Waals surface area contributed by atoms with Gasteiger partial charge in [-0.15, -0.1) is 0 Å². The zero-order valence-corrected chi connectivity index (χ0v) is 11.0. The standard InChI is InChI=1S/C12H16N2O3S/c1-9-2-3-10(8-11(9)13)12(15)14-4-6-18(16,17)7-5-14/h2-3,8H,4-7,13H2,1H3. The van der Waals surface area contributed by atoms with Gasteiger partial charge in [0.15, 0.2) is 9.84 Å². The molecule has 1 fully saturated rings. The summed E-state index contributed by atoms with van der Waals surface area (Å²) in [5.74, 6) is -0.0724. The van der Waals surface area contributed by atoms with Gasteiger partial charge in [0.1, 0.15) is 0 Å². The number of carbonyl (C=O) groups is 1. The summed E-state index contributed by atoms with van der Waals surface area (Å²) in [5, 5.41) is 0. The average molecular weight is 268 g/mol. The van der Waals surface area contributed by atoms with Crippen LogP contribution in [0.2, 0.25) is 0 Å². The molecule has 1 saturated heterocycles. The lowest BCUT2D eigenvalue weighted by atomic mass is 10.1. The zero-order valence-electron chi connectivity index (χ0n) is 10.2. The van der Waals surface area contributed by atoms with Crippen LogP contribution in [0.25, 0.3) is 0 Å². The summed E-state index contributed by atoms with van der Waals surface area (Å²) < 4.78 is 22.6. The molecule has 0 aromatic heterocycles. The van der Waals surface area contributed by atoms with E-state index < -0.39 is 9.84 Å². The molecule has 1 aromatic carbocycles. The molecule has 0 saturated carbocycles. The third-order valence-corrected chi connectivity index (χ3v) is 4.77. The van der Waals surface area contributed by atoms with Crippen molar-refractivity contribution in [1.29, 1.82) is 0 Å². The molecule has 0 atom stereocenters. The number of hydrogen-bond donors (Lipinski definition) is 1. The summed E-state index contributed by atoms with van der Waals surface area (Å²) in [4.78, 5) is 13.7. The van der Waals surface area contributed by atoms with E-state index in [4.69, 9.17) is 5.73 Å². The molecule has 1 amide bonds. The van der Waals surface area contributed by atoms with Crippen LogP contribution >= 0.6 is 0 Å². The molecule has 1 aliphatic heterocycles. The molecule has 0 unspecified atom stereocenters. The first-order chi connectivity index (χ1) is 8.39. The van der Waals surface area contributed by atoms with E-state index in [9.17, 15) is 13.2 Å². The van der Waals surface area contributed by atoms with Gasteiger partial charge in [0.05, 0.1) is 11.5 Å². The fraction of sp³-hybridized carbons (Fsp3) is 0.417. The maximum absolute atomic E-state index is 12.1. The molecule has 2 rings (SSSR count). The molecule has 0 aliphatic carbocycles. The number of benzene rings is 1. The van der Waals surface area contributed by atoms with Crippen LogP contribution in [-0.2, 0) is 9.84 Å². The summed E-state index contributed by atoms with van der Waals surface area (Å²) in [6.07, 6.45) is 0. The highest BCUT2D eigenvalue weighted by Crippen LogP contribution is 2.16. The monoisotopic (exact) mass is 268 g/mol. The SMILES string of the molecule is Cc1ccc(C(=O)N2CCS(=O)(=O)CC2)cc1N. The van der Waals surface area contributed by atoms with Crippen molar-refractivity contribution in [2.24, 2.45) is 0 Å². The van der Waals surface area contributed by atoms with Gasteiger partial charge in [-0.05, 0) is 24.6 Å². The van der Waals surface area contributed by atoms with Crippen molar-refractivity contribution in [3.8, 4) is 0 Å². The minimum atomic E-state index is -2.96. The van der Waals surface area contributed by atoms with Crippen molar-refractivity contribution in [1.82, 2.24) is 4.90 Å². The molecular weight excluding hydrogens is 252 g/mol. The maximum Gasteiger partial charge on any atom is 0.253 e. The molecule has 18 heavy (non-hydrogen) atoms. The van der Waals surface area contributed by atoms with Crippen molar-refractivity contribution < 1.29 is 13.2 Å². The van der Waals surface area contributed by atoms with E-state index in [2.05, 4.69) is 0 Å². The molecule has 5 nitrogen and oxygen atoms in total. The van der Waals surface area contributed by atoms with Crippen LogP contribution < -0.4 is 5.73 Å². The number of amides is 1. The second-order valence-corrected chi connectivity index (χ2v) is 6.82. The highest BCUT2D eigenvalue weighted by molar-refractivity contribution is 7.91. The third kappa shape index (κ3) is 2.64. The molecule has 1 heterocycles. The first-order valence-electron chi connectivity index (χ1n) is 5.75. The number of rotatable bonds is 1.